The summed E-state index contributed by atoms with van der Waals surface area (Å²) in [5.74, 6) is -5.28. The fourth-order valence-electron chi connectivity index (χ4n) is 1.85. The number of esters is 1. The molecule has 1 unspecified atom stereocenters. The average Bonchev–Trinajstić information content (AvgIpc) is 2.38. The first-order valence-electron chi connectivity index (χ1n) is 5.90. The number of rotatable bonds is 5. The van der Waals surface area contributed by atoms with Gasteiger partial charge in [-0.2, -0.15) is 8.78 Å². The predicted octanol–water partition coefficient (Wildman–Crippen LogP) is 1.60. The molecule has 0 saturated carbocycles. The lowest BCUT2D eigenvalue weighted by Gasteiger charge is -2.22. The first-order valence-corrected chi connectivity index (χ1v) is 5.90. The fourth-order valence-corrected chi connectivity index (χ4v) is 1.85. The number of hydrogen-bond acceptors (Lipinski definition) is 4. The number of Topliss-reactive ketones (excluding diaryl/α,β-unsaturated/α-hetero) is 1. The Morgan fingerprint density at radius 2 is 2.21 bits per heavy atom. The van der Waals surface area contributed by atoms with Gasteiger partial charge < -0.3 is 10.5 Å². The molecule has 6 heteroatoms. The molecule has 1 rings (SSSR count). The van der Waals surface area contributed by atoms with Crippen molar-refractivity contribution < 1.29 is 23.1 Å². The van der Waals surface area contributed by atoms with E-state index < -0.39 is 23.7 Å². The molecule has 0 aromatic heterocycles. The van der Waals surface area contributed by atoms with Crippen molar-refractivity contribution in [1.82, 2.24) is 0 Å². The zero-order chi connectivity index (χ0) is 14.6. The van der Waals surface area contributed by atoms with Crippen LogP contribution in [0.25, 0.3) is 0 Å². The normalized spacial score (nSPS) is 20.7. The van der Waals surface area contributed by atoms with Crippen LogP contribution in [-0.2, 0) is 14.3 Å². The minimum atomic E-state index is -3.45. The van der Waals surface area contributed by atoms with Crippen LogP contribution in [0.5, 0.6) is 0 Å². The summed E-state index contributed by atoms with van der Waals surface area (Å²) < 4.78 is 31.4. The first-order chi connectivity index (χ1) is 8.78. The lowest BCUT2D eigenvalue weighted by atomic mass is 9.88. The molecule has 0 saturated heterocycles. The van der Waals surface area contributed by atoms with Gasteiger partial charge in [-0.05, 0) is 18.8 Å². The molecule has 106 valence electrons. The van der Waals surface area contributed by atoms with Gasteiger partial charge in [-0.15, -0.1) is 0 Å². The Morgan fingerprint density at radius 1 is 1.58 bits per heavy atom. The zero-order valence-electron chi connectivity index (χ0n) is 10.9. The van der Waals surface area contributed by atoms with E-state index in [1.54, 1.807) is 6.08 Å². The third kappa shape index (κ3) is 3.70. The molecular formula is C13H17F2NO3. The summed E-state index contributed by atoms with van der Waals surface area (Å²) in [6, 6.07) is -0.775. The van der Waals surface area contributed by atoms with Gasteiger partial charge in [0.05, 0.1) is 7.11 Å². The molecule has 2 atom stereocenters. The molecule has 2 N–H and O–H groups in total. The average molecular weight is 273 g/mol. The van der Waals surface area contributed by atoms with Gasteiger partial charge in [0.15, 0.2) is 0 Å². The van der Waals surface area contributed by atoms with Crippen LogP contribution in [0.1, 0.15) is 19.8 Å². The number of allylic oxidation sites excluding steroid dienone is 4. The van der Waals surface area contributed by atoms with E-state index in [1.807, 2.05) is 0 Å². The van der Waals surface area contributed by atoms with E-state index in [-0.39, 0.29) is 11.5 Å². The second-order valence-electron chi connectivity index (χ2n) is 4.51. The summed E-state index contributed by atoms with van der Waals surface area (Å²) in [7, 11) is 1.24. The van der Waals surface area contributed by atoms with E-state index in [4.69, 9.17) is 5.73 Å². The van der Waals surface area contributed by atoms with Crippen LogP contribution >= 0.6 is 0 Å². The molecule has 0 aliphatic heterocycles. The van der Waals surface area contributed by atoms with Gasteiger partial charge in [-0.25, -0.2) is 0 Å². The molecule has 4 nitrogen and oxygen atoms in total. The van der Waals surface area contributed by atoms with E-state index in [0.29, 0.717) is 12.8 Å². The fraction of sp³-hybridized carbons (Fsp3) is 0.538. The van der Waals surface area contributed by atoms with Gasteiger partial charge in [0, 0.05) is 12.5 Å². The number of halogens is 2. The Bertz CT molecular complexity index is 430. The smallest absolute Gasteiger partial charge is 0.329 e. The van der Waals surface area contributed by atoms with Crippen LogP contribution in [0.15, 0.2) is 23.8 Å². The van der Waals surface area contributed by atoms with Gasteiger partial charge in [0.25, 0.3) is 0 Å². The van der Waals surface area contributed by atoms with Crippen LogP contribution in [0.3, 0.4) is 0 Å². The summed E-state index contributed by atoms with van der Waals surface area (Å²) in [6.07, 6.45) is 4.72. The topological polar surface area (TPSA) is 69.4 Å². The number of methoxy groups -OCH3 is 1. The van der Waals surface area contributed by atoms with Crippen molar-refractivity contribution in [2.24, 2.45) is 11.7 Å². The van der Waals surface area contributed by atoms with Gasteiger partial charge in [0.1, 0.15) is 6.04 Å². The molecule has 0 heterocycles. The van der Waals surface area contributed by atoms with Gasteiger partial charge in [-0.1, -0.05) is 18.2 Å². The molecule has 19 heavy (non-hydrogen) atoms. The number of nitrogens with two attached hydrogens (primary N) is 1. The zero-order valence-corrected chi connectivity index (χ0v) is 10.9. The lowest BCUT2D eigenvalue weighted by Crippen LogP contribution is -2.34. The summed E-state index contributed by atoms with van der Waals surface area (Å²) in [5, 5.41) is 0. The third-order valence-electron chi connectivity index (χ3n) is 3.05. The highest BCUT2D eigenvalue weighted by Gasteiger charge is 2.39. The van der Waals surface area contributed by atoms with Crippen LogP contribution in [0, 0.1) is 5.92 Å². The first kappa shape index (κ1) is 15.5. The van der Waals surface area contributed by atoms with E-state index in [2.05, 4.69) is 4.74 Å². The SMILES string of the molecule is COC(=O)[C@@H](N)CC1C=CC(C(F)(F)C(C)=O)=CC1. The quantitative estimate of drug-likeness (QED) is 0.772. The Morgan fingerprint density at radius 3 is 2.63 bits per heavy atom. The molecule has 0 fully saturated rings. The molecule has 0 bridgehead atoms. The van der Waals surface area contributed by atoms with Crippen molar-refractivity contribution >= 4 is 11.8 Å². The van der Waals surface area contributed by atoms with Crippen molar-refractivity contribution in [2.75, 3.05) is 7.11 Å². The van der Waals surface area contributed by atoms with E-state index >= 15 is 0 Å². The molecule has 1 aliphatic carbocycles. The van der Waals surface area contributed by atoms with E-state index in [9.17, 15) is 18.4 Å². The van der Waals surface area contributed by atoms with E-state index in [1.165, 1.54) is 19.3 Å². The maximum atomic E-state index is 13.4. The molecule has 0 spiro atoms. The van der Waals surface area contributed by atoms with E-state index in [0.717, 1.165) is 6.92 Å². The van der Waals surface area contributed by atoms with Crippen LogP contribution in [-0.4, -0.2) is 30.8 Å². The van der Waals surface area contributed by atoms with Crippen molar-refractivity contribution in [1.29, 1.82) is 0 Å². The number of ether oxygens (including phenoxy) is 1. The second kappa shape index (κ2) is 6.06. The number of carbonyl (C=O) groups excluding carboxylic acids is 2. The molecule has 0 amide bonds. The Balaban J connectivity index is 2.63. The number of alkyl halides is 2. The monoisotopic (exact) mass is 273 g/mol. The molecule has 1 aliphatic rings. The number of ketones is 1. The molecule has 0 aromatic rings. The minimum Gasteiger partial charge on any atom is -0.468 e. The van der Waals surface area contributed by atoms with Crippen molar-refractivity contribution in [3.63, 3.8) is 0 Å². The van der Waals surface area contributed by atoms with Crippen molar-refractivity contribution in [3.8, 4) is 0 Å². The van der Waals surface area contributed by atoms with Crippen LogP contribution < -0.4 is 5.73 Å². The van der Waals surface area contributed by atoms with Gasteiger partial charge in [-0.3, -0.25) is 9.59 Å². The second-order valence-corrected chi connectivity index (χ2v) is 4.51. The van der Waals surface area contributed by atoms with Crippen molar-refractivity contribution in [2.45, 2.75) is 31.7 Å². The highest BCUT2D eigenvalue weighted by Crippen LogP contribution is 2.31. The standard InChI is InChI=1S/C13H17F2NO3/c1-8(17)13(14,15)10-5-3-9(4-6-10)7-11(16)12(18)19-2/h3,5-6,9,11H,4,7,16H2,1-2H3/t9?,11-/m0/s1. The predicted molar refractivity (Wildman–Crippen MR) is 65.6 cm³/mol. The summed E-state index contributed by atoms with van der Waals surface area (Å²) in [5.41, 5.74) is 5.29. The van der Waals surface area contributed by atoms with Crippen molar-refractivity contribution in [3.05, 3.63) is 23.8 Å². The molecule has 0 aromatic carbocycles. The summed E-state index contributed by atoms with van der Waals surface area (Å²) in [4.78, 5) is 22.0. The Labute approximate surface area is 110 Å². The van der Waals surface area contributed by atoms with Crippen LogP contribution in [0.2, 0.25) is 0 Å². The Kier molecular flexibility index (Phi) is 4.94. The Hall–Kier alpha value is -1.56. The number of carbonyl (C=O) groups is 2. The lowest BCUT2D eigenvalue weighted by molar-refractivity contribution is -0.142. The van der Waals surface area contributed by atoms with Gasteiger partial charge >= 0.3 is 11.9 Å². The maximum Gasteiger partial charge on any atom is 0.329 e. The third-order valence-corrected chi connectivity index (χ3v) is 3.05. The summed E-state index contributed by atoms with van der Waals surface area (Å²) in [6.45, 7) is 0.855. The highest BCUT2D eigenvalue weighted by molar-refractivity contribution is 5.87. The number of hydrogen-bond donors (Lipinski definition) is 1. The van der Waals surface area contributed by atoms with Gasteiger partial charge in [0.2, 0.25) is 5.78 Å². The molecule has 0 radical (unpaired) electrons. The summed E-state index contributed by atoms with van der Waals surface area (Å²) >= 11 is 0. The molecular weight excluding hydrogens is 256 g/mol. The largest absolute Gasteiger partial charge is 0.468 e. The van der Waals surface area contributed by atoms with Crippen LogP contribution in [0.4, 0.5) is 8.78 Å². The maximum absolute atomic E-state index is 13.4. The minimum absolute atomic E-state index is 0.111. The highest BCUT2D eigenvalue weighted by atomic mass is 19.3.